The van der Waals surface area contributed by atoms with E-state index in [-0.39, 0.29) is 5.91 Å². The quantitative estimate of drug-likeness (QED) is 0.830. The Morgan fingerprint density at radius 1 is 1.50 bits per heavy atom. The number of carbonyl (C=O) groups is 1. The van der Waals surface area contributed by atoms with Gasteiger partial charge < -0.3 is 11.1 Å². The number of hydrogen-bond acceptors (Lipinski definition) is 4. The third-order valence-electron chi connectivity index (χ3n) is 2.72. The SMILES string of the molecule is CCc1nn(C)cc1NC(=O)c1cnn(C)c1N. The lowest BCUT2D eigenvalue weighted by Gasteiger charge is -2.03. The Hall–Kier alpha value is -2.31. The van der Waals surface area contributed by atoms with Crippen LogP contribution in [0.2, 0.25) is 0 Å². The summed E-state index contributed by atoms with van der Waals surface area (Å²) in [5, 5.41) is 11.0. The Kier molecular flexibility index (Phi) is 3.05. The average Bonchev–Trinajstić information content (AvgIpc) is 2.84. The van der Waals surface area contributed by atoms with Crippen molar-refractivity contribution in [2.45, 2.75) is 13.3 Å². The zero-order chi connectivity index (χ0) is 13.3. The molecule has 0 fully saturated rings. The smallest absolute Gasteiger partial charge is 0.261 e. The maximum atomic E-state index is 12.0. The number of aryl methyl sites for hydroxylation is 3. The lowest BCUT2D eigenvalue weighted by Crippen LogP contribution is -2.14. The number of aromatic nitrogens is 4. The van der Waals surface area contributed by atoms with Crippen LogP contribution in [0.1, 0.15) is 23.0 Å². The first kappa shape index (κ1) is 12.2. The summed E-state index contributed by atoms with van der Waals surface area (Å²) in [6.45, 7) is 1.98. The van der Waals surface area contributed by atoms with Crippen LogP contribution in [0.25, 0.3) is 0 Å². The van der Waals surface area contributed by atoms with Crippen molar-refractivity contribution in [3.63, 3.8) is 0 Å². The van der Waals surface area contributed by atoms with Crippen LogP contribution in [0.4, 0.5) is 11.5 Å². The van der Waals surface area contributed by atoms with Gasteiger partial charge in [-0.3, -0.25) is 14.2 Å². The summed E-state index contributed by atoms with van der Waals surface area (Å²) < 4.78 is 3.12. The lowest BCUT2D eigenvalue weighted by molar-refractivity contribution is 0.102. The molecular formula is C11H16N6O. The highest BCUT2D eigenvalue weighted by Gasteiger charge is 2.16. The predicted octanol–water partition coefficient (Wildman–Crippen LogP) is 0.550. The molecule has 1 amide bonds. The van der Waals surface area contributed by atoms with Gasteiger partial charge in [0, 0.05) is 20.3 Å². The Morgan fingerprint density at radius 3 is 2.78 bits per heavy atom. The molecule has 96 valence electrons. The second-order valence-electron chi connectivity index (χ2n) is 4.04. The summed E-state index contributed by atoms with van der Waals surface area (Å²) in [5.74, 6) is 0.0674. The maximum Gasteiger partial charge on any atom is 0.261 e. The Labute approximate surface area is 105 Å². The molecule has 0 aliphatic rings. The highest BCUT2D eigenvalue weighted by molar-refractivity contribution is 6.07. The topological polar surface area (TPSA) is 90.8 Å². The molecule has 3 N–H and O–H groups in total. The summed E-state index contributed by atoms with van der Waals surface area (Å²) in [7, 11) is 3.50. The van der Waals surface area contributed by atoms with E-state index in [2.05, 4.69) is 15.5 Å². The van der Waals surface area contributed by atoms with Gasteiger partial charge in [-0.05, 0) is 6.42 Å². The van der Waals surface area contributed by atoms with Gasteiger partial charge in [0.15, 0.2) is 0 Å². The van der Waals surface area contributed by atoms with Crippen LogP contribution >= 0.6 is 0 Å². The van der Waals surface area contributed by atoms with Crippen LogP contribution in [0, 0.1) is 0 Å². The fraction of sp³-hybridized carbons (Fsp3) is 0.364. The standard InChI is InChI=1S/C11H16N6O/c1-4-8-9(6-16(2)15-8)14-11(18)7-5-13-17(3)10(7)12/h5-6H,4,12H2,1-3H3,(H,14,18). The first-order valence-corrected chi connectivity index (χ1v) is 5.64. The van der Waals surface area contributed by atoms with Gasteiger partial charge >= 0.3 is 0 Å². The molecule has 0 saturated carbocycles. The van der Waals surface area contributed by atoms with E-state index in [1.165, 1.54) is 10.9 Å². The molecule has 7 heteroatoms. The number of nitrogens with one attached hydrogen (secondary N) is 1. The number of amides is 1. The third kappa shape index (κ3) is 2.06. The molecule has 0 saturated heterocycles. The van der Waals surface area contributed by atoms with E-state index >= 15 is 0 Å². The molecular weight excluding hydrogens is 232 g/mol. The fourth-order valence-corrected chi connectivity index (χ4v) is 1.71. The Bertz CT molecular complexity index is 582. The van der Waals surface area contributed by atoms with Crippen molar-refractivity contribution in [2.24, 2.45) is 14.1 Å². The maximum absolute atomic E-state index is 12.0. The first-order valence-electron chi connectivity index (χ1n) is 5.64. The molecule has 2 aromatic heterocycles. The van der Waals surface area contributed by atoms with Crippen LogP contribution in [0.5, 0.6) is 0 Å². The highest BCUT2D eigenvalue weighted by atomic mass is 16.1. The number of nitrogen functional groups attached to an aromatic ring is 1. The van der Waals surface area contributed by atoms with Crippen LogP contribution in [-0.4, -0.2) is 25.5 Å². The Morgan fingerprint density at radius 2 is 2.22 bits per heavy atom. The average molecular weight is 248 g/mol. The summed E-state index contributed by atoms with van der Waals surface area (Å²) in [5.41, 5.74) is 7.66. The van der Waals surface area contributed by atoms with Crippen LogP contribution in [-0.2, 0) is 20.5 Å². The van der Waals surface area contributed by atoms with Gasteiger partial charge in [-0.1, -0.05) is 6.92 Å². The number of nitrogens with two attached hydrogens (primary N) is 1. The minimum Gasteiger partial charge on any atom is -0.383 e. The van der Waals surface area contributed by atoms with Gasteiger partial charge in [0.1, 0.15) is 11.4 Å². The first-order chi connectivity index (χ1) is 8.52. The molecule has 0 aliphatic heterocycles. The van der Waals surface area contributed by atoms with E-state index in [0.29, 0.717) is 17.1 Å². The molecule has 18 heavy (non-hydrogen) atoms. The van der Waals surface area contributed by atoms with Crippen molar-refractivity contribution in [1.29, 1.82) is 0 Å². The van der Waals surface area contributed by atoms with Crippen molar-refractivity contribution >= 4 is 17.4 Å². The van der Waals surface area contributed by atoms with Gasteiger partial charge in [-0.15, -0.1) is 0 Å². The minimum absolute atomic E-state index is 0.275. The number of rotatable bonds is 3. The minimum atomic E-state index is -0.275. The van der Waals surface area contributed by atoms with Crippen LogP contribution < -0.4 is 11.1 Å². The van der Waals surface area contributed by atoms with Gasteiger partial charge in [0.25, 0.3) is 5.91 Å². The molecule has 0 atom stereocenters. The normalized spacial score (nSPS) is 10.6. The molecule has 0 unspecified atom stereocenters. The number of nitrogens with zero attached hydrogens (tertiary/aromatic N) is 4. The van der Waals surface area contributed by atoms with Crippen LogP contribution in [0.3, 0.4) is 0 Å². The number of anilines is 2. The zero-order valence-corrected chi connectivity index (χ0v) is 10.6. The molecule has 0 aromatic carbocycles. The summed E-state index contributed by atoms with van der Waals surface area (Å²) in [4.78, 5) is 12.0. The monoisotopic (exact) mass is 248 g/mol. The van der Waals surface area contributed by atoms with Crippen molar-refractivity contribution in [3.8, 4) is 0 Å². The van der Waals surface area contributed by atoms with Gasteiger partial charge in [-0.2, -0.15) is 10.2 Å². The number of carbonyl (C=O) groups excluding carboxylic acids is 1. The Balaban J connectivity index is 2.23. The molecule has 0 spiro atoms. The van der Waals surface area contributed by atoms with E-state index in [1.807, 2.05) is 14.0 Å². The largest absolute Gasteiger partial charge is 0.383 e. The predicted molar refractivity (Wildman–Crippen MR) is 68.2 cm³/mol. The second kappa shape index (κ2) is 4.52. The van der Waals surface area contributed by atoms with E-state index in [0.717, 1.165) is 12.1 Å². The van der Waals surface area contributed by atoms with Crippen molar-refractivity contribution in [1.82, 2.24) is 19.6 Å². The zero-order valence-electron chi connectivity index (χ0n) is 10.6. The van der Waals surface area contributed by atoms with Crippen LogP contribution in [0.15, 0.2) is 12.4 Å². The van der Waals surface area contributed by atoms with E-state index in [1.54, 1.807) is 17.9 Å². The summed E-state index contributed by atoms with van der Waals surface area (Å²) in [6.07, 6.45) is 3.97. The van der Waals surface area contributed by atoms with Gasteiger partial charge in [-0.25, -0.2) is 0 Å². The van der Waals surface area contributed by atoms with Gasteiger partial charge in [0.2, 0.25) is 0 Å². The van der Waals surface area contributed by atoms with Crippen molar-refractivity contribution < 1.29 is 4.79 Å². The van der Waals surface area contributed by atoms with Crippen molar-refractivity contribution in [2.75, 3.05) is 11.1 Å². The third-order valence-corrected chi connectivity index (χ3v) is 2.72. The van der Waals surface area contributed by atoms with E-state index in [4.69, 9.17) is 5.73 Å². The second-order valence-corrected chi connectivity index (χ2v) is 4.04. The molecule has 0 bridgehead atoms. The summed E-state index contributed by atoms with van der Waals surface area (Å²) >= 11 is 0. The molecule has 2 aromatic rings. The van der Waals surface area contributed by atoms with Crippen molar-refractivity contribution in [3.05, 3.63) is 23.7 Å². The fourth-order valence-electron chi connectivity index (χ4n) is 1.71. The molecule has 0 aliphatic carbocycles. The molecule has 2 heterocycles. The van der Waals surface area contributed by atoms with E-state index in [9.17, 15) is 4.79 Å². The molecule has 7 nitrogen and oxygen atoms in total. The molecule has 2 rings (SSSR count). The molecule has 0 radical (unpaired) electrons. The number of hydrogen-bond donors (Lipinski definition) is 2. The van der Waals surface area contributed by atoms with E-state index < -0.39 is 0 Å². The summed E-state index contributed by atoms with van der Waals surface area (Å²) in [6, 6.07) is 0. The lowest BCUT2D eigenvalue weighted by atomic mass is 10.2. The highest BCUT2D eigenvalue weighted by Crippen LogP contribution is 2.17. The van der Waals surface area contributed by atoms with Gasteiger partial charge in [0.05, 0.1) is 17.6 Å².